The molecule has 20 heavy (non-hydrogen) atoms. The first-order valence-corrected chi connectivity index (χ1v) is 6.54. The molecular weight excluding hydrogens is 286 g/mol. The zero-order valence-corrected chi connectivity index (χ0v) is 11.7. The number of halogens is 2. The second-order valence-electron chi connectivity index (χ2n) is 4.43. The molecule has 0 bridgehead atoms. The summed E-state index contributed by atoms with van der Waals surface area (Å²) in [5.41, 5.74) is -0.452. The lowest BCUT2D eigenvalue weighted by Gasteiger charge is -2.06. The third-order valence-electron chi connectivity index (χ3n) is 2.54. The summed E-state index contributed by atoms with van der Waals surface area (Å²) >= 11 is 0.984. The van der Waals surface area contributed by atoms with Gasteiger partial charge in [-0.3, -0.25) is 0 Å². The fraction of sp³-hybridized carbons (Fsp3) is 0.231. The van der Waals surface area contributed by atoms with E-state index >= 15 is 0 Å². The summed E-state index contributed by atoms with van der Waals surface area (Å²) in [6.07, 6.45) is 0. The average molecular weight is 298 g/mol. The molecule has 0 aliphatic rings. The van der Waals surface area contributed by atoms with E-state index in [2.05, 4.69) is 4.98 Å². The molecule has 1 N–H and O–H groups in total. The van der Waals surface area contributed by atoms with E-state index in [-0.39, 0.29) is 16.3 Å². The minimum absolute atomic E-state index is 0.0369. The number of hydrogen-bond acceptors (Lipinski definition) is 4. The maximum absolute atomic E-state index is 13.7. The van der Waals surface area contributed by atoms with E-state index in [4.69, 9.17) is 5.11 Å². The van der Waals surface area contributed by atoms with E-state index in [1.165, 1.54) is 6.07 Å². The van der Waals surface area contributed by atoms with Gasteiger partial charge in [0.15, 0.2) is 5.69 Å². The fourth-order valence-electron chi connectivity index (χ4n) is 1.72. The maximum atomic E-state index is 13.7. The number of carboxylic acid groups (broad SMARTS) is 1. The molecule has 106 valence electrons. The second-order valence-corrected chi connectivity index (χ2v) is 5.51. The van der Waals surface area contributed by atoms with E-state index in [0.717, 1.165) is 23.5 Å². The Bertz CT molecular complexity index is 636. The van der Waals surface area contributed by atoms with E-state index in [1.54, 1.807) is 19.0 Å². The smallest absolute Gasteiger partial charge is 0.355 e. The second kappa shape index (κ2) is 5.64. The Morgan fingerprint density at radius 1 is 1.35 bits per heavy atom. The predicted octanol–water partition coefficient (Wildman–Crippen LogP) is 2.85. The highest BCUT2D eigenvalue weighted by Gasteiger charge is 2.22. The molecule has 4 nitrogen and oxygen atoms in total. The molecule has 1 heterocycles. The van der Waals surface area contributed by atoms with Gasteiger partial charge in [-0.2, -0.15) is 0 Å². The monoisotopic (exact) mass is 298 g/mol. The topological polar surface area (TPSA) is 53.4 Å². The third kappa shape index (κ3) is 2.83. The Hall–Kier alpha value is -1.86. The number of rotatable bonds is 4. The molecule has 0 aliphatic heterocycles. The molecule has 0 fully saturated rings. The SMILES string of the molecule is CN(C)Cc1sc(-c2c(F)cccc2F)nc1C(=O)O. The molecule has 0 saturated carbocycles. The summed E-state index contributed by atoms with van der Waals surface area (Å²) in [5.74, 6) is -2.72. The summed E-state index contributed by atoms with van der Waals surface area (Å²) < 4.78 is 27.4. The summed E-state index contributed by atoms with van der Waals surface area (Å²) in [7, 11) is 3.55. The van der Waals surface area contributed by atoms with Gasteiger partial charge in [-0.15, -0.1) is 11.3 Å². The highest BCUT2D eigenvalue weighted by atomic mass is 32.1. The molecule has 0 aliphatic carbocycles. The Labute approximate surface area is 118 Å². The van der Waals surface area contributed by atoms with Gasteiger partial charge in [-0.1, -0.05) is 6.07 Å². The molecule has 0 unspecified atom stereocenters. The predicted molar refractivity (Wildman–Crippen MR) is 71.8 cm³/mol. The summed E-state index contributed by atoms with van der Waals surface area (Å²) in [6, 6.07) is 3.48. The van der Waals surface area contributed by atoms with Crippen LogP contribution in [0.1, 0.15) is 15.4 Å². The average Bonchev–Trinajstić information content (AvgIpc) is 2.71. The van der Waals surface area contributed by atoms with Crippen LogP contribution in [0.4, 0.5) is 8.78 Å². The van der Waals surface area contributed by atoms with Crippen LogP contribution in [0.2, 0.25) is 0 Å². The number of hydrogen-bond donors (Lipinski definition) is 1. The van der Waals surface area contributed by atoms with Crippen molar-refractivity contribution in [3.63, 3.8) is 0 Å². The minimum atomic E-state index is -1.21. The summed E-state index contributed by atoms with van der Waals surface area (Å²) in [5, 5.41) is 9.15. The molecule has 2 rings (SSSR count). The van der Waals surface area contributed by atoms with Crippen LogP contribution in [0.3, 0.4) is 0 Å². The van der Waals surface area contributed by atoms with Gasteiger partial charge < -0.3 is 10.0 Å². The molecule has 0 spiro atoms. The highest BCUT2D eigenvalue weighted by Crippen LogP contribution is 2.32. The molecule has 0 amide bonds. The van der Waals surface area contributed by atoms with Crippen LogP contribution in [0.15, 0.2) is 18.2 Å². The standard InChI is InChI=1S/C13H12F2N2O2S/c1-17(2)6-9-11(13(18)19)16-12(20-9)10-7(14)4-3-5-8(10)15/h3-5H,6H2,1-2H3,(H,18,19). The van der Waals surface area contributed by atoms with Gasteiger partial charge >= 0.3 is 5.97 Å². The number of benzene rings is 1. The highest BCUT2D eigenvalue weighted by molar-refractivity contribution is 7.15. The lowest BCUT2D eigenvalue weighted by molar-refractivity contribution is 0.0689. The van der Waals surface area contributed by atoms with Crippen molar-refractivity contribution in [2.45, 2.75) is 6.54 Å². The number of nitrogens with zero attached hydrogens (tertiary/aromatic N) is 2. The molecular formula is C13H12F2N2O2S. The Balaban J connectivity index is 2.56. The van der Waals surface area contributed by atoms with E-state index in [1.807, 2.05) is 0 Å². The Morgan fingerprint density at radius 3 is 2.45 bits per heavy atom. The van der Waals surface area contributed by atoms with Gasteiger partial charge in [0.1, 0.15) is 16.6 Å². The van der Waals surface area contributed by atoms with Crippen molar-refractivity contribution in [3.05, 3.63) is 40.4 Å². The maximum Gasteiger partial charge on any atom is 0.355 e. The minimum Gasteiger partial charge on any atom is -0.476 e. The molecule has 7 heteroatoms. The first kappa shape index (κ1) is 14.5. The van der Waals surface area contributed by atoms with Crippen molar-refractivity contribution in [2.75, 3.05) is 14.1 Å². The van der Waals surface area contributed by atoms with E-state index < -0.39 is 17.6 Å². The van der Waals surface area contributed by atoms with Crippen LogP contribution >= 0.6 is 11.3 Å². The first-order valence-electron chi connectivity index (χ1n) is 5.72. The number of thiazole rings is 1. The van der Waals surface area contributed by atoms with Gasteiger partial charge in [-0.05, 0) is 26.2 Å². The summed E-state index contributed by atoms with van der Waals surface area (Å²) in [4.78, 5) is 17.2. The van der Waals surface area contributed by atoms with Gasteiger partial charge in [-0.25, -0.2) is 18.6 Å². The van der Waals surface area contributed by atoms with Crippen LogP contribution < -0.4 is 0 Å². The first-order chi connectivity index (χ1) is 9.40. The van der Waals surface area contributed by atoms with Crippen molar-refractivity contribution < 1.29 is 18.7 Å². The van der Waals surface area contributed by atoms with Gasteiger partial charge in [0.25, 0.3) is 0 Å². The van der Waals surface area contributed by atoms with Crippen LogP contribution in [-0.2, 0) is 6.54 Å². The Morgan fingerprint density at radius 2 is 1.95 bits per heavy atom. The zero-order valence-electron chi connectivity index (χ0n) is 10.9. The molecule has 0 radical (unpaired) electrons. The molecule has 1 aromatic carbocycles. The fourth-order valence-corrected chi connectivity index (χ4v) is 2.94. The van der Waals surface area contributed by atoms with Crippen molar-refractivity contribution in [1.82, 2.24) is 9.88 Å². The van der Waals surface area contributed by atoms with Crippen LogP contribution in [-0.4, -0.2) is 35.1 Å². The summed E-state index contributed by atoms with van der Waals surface area (Å²) in [6.45, 7) is 0.343. The van der Waals surface area contributed by atoms with Crippen molar-refractivity contribution in [1.29, 1.82) is 0 Å². The number of carbonyl (C=O) groups is 1. The van der Waals surface area contributed by atoms with E-state index in [0.29, 0.717) is 11.4 Å². The number of aromatic nitrogens is 1. The normalized spacial score (nSPS) is 11.1. The quantitative estimate of drug-likeness (QED) is 0.943. The van der Waals surface area contributed by atoms with Crippen molar-refractivity contribution in [3.8, 4) is 10.6 Å². The van der Waals surface area contributed by atoms with Crippen molar-refractivity contribution >= 4 is 17.3 Å². The van der Waals surface area contributed by atoms with Crippen LogP contribution in [0.5, 0.6) is 0 Å². The molecule has 2 aromatic rings. The van der Waals surface area contributed by atoms with E-state index in [9.17, 15) is 13.6 Å². The molecule has 1 aromatic heterocycles. The lowest BCUT2D eigenvalue weighted by atomic mass is 10.2. The Kier molecular flexibility index (Phi) is 4.10. The number of aromatic carboxylic acids is 1. The van der Waals surface area contributed by atoms with Crippen LogP contribution in [0.25, 0.3) is 10.6 Å². The van der Waals surface area contributed by atoms with Gasteiger partial charge in [0.2, 0.25) is 0 Å². The third-order valence-corrected chi connectivity index (χ3v) is 3.59. The molecule has 0 atom stereocenters. The van der Waals surface area contributed by atoms with Gasteiger partial charge in [0.05, 0.1) is 10.4 Å². The number of carboxylic acids is 1. The van der Waals surface area contributed by atoms with Crippen LogP contribution in [0, 0.1) is 11.6 Å². The van der Waals surface area contributed by atoms with Gasteiger partial charge in [0, 0.05) is 6.54 Å². The van der Waals surface area contributed by atoms with Crippen molar-refractivity contribution in [2.24, 2.45) is 0 Å². The molecule has 0 saturated heterocycles. The zero-order chi connectivity index (χ0) is 14.9. The largest absolute Gasteiger partial charge is 0.476 e. The lowest BCUT2D eigenvalue weighted by Crippen LogP contribution is -2.12.